The van der Waals surface area contributed by atoms with Gasteiger partial charge in [-0.15, -0.1) is 0 Å². The van der Waals surface area contributed by atoms with Gasteiger partial charge in [0.1, 0.15) is 0 Å². The van der Waals surface area contributed by atoms with Gasteiger partial charge >= 0.3 is 6.03 Å². The third kappa shape index (κ3) is 4.18. The van der Waals surface area contributed by atoms with E-state index in [9.17, 15) is 4.79 Å². The Labute approximate surface area is 73.6 Å². The van der Waals surface area contributed by atoms with E-state index in [0.29, 0.717) is 19.6 Å². The van der Waals surface area contributed by atoms with Crippen molar-refractivity contribution in [2.24, 2.45) is 0 Å². The van der Waals surface area contributed by atoms with Gasteiger partial charge in [0.15, 0.2) is 0 Å². The highest BCUT2D eigenvalue weighted by molar-refractivity contribution is 5.74. The molecule has 0 saturated heterocycles. The molecule has 12 heavy (non-hydrogen) atoms. The highest BCUT2D eigenvalue weighted by Gasteiger charge is 2.08. The van der Waals surface area contributed by atoms with E-state index in [1.165, 1.54) is 0 Å². The molecule has 0 aliphatic carbocycles. The Morgan fingerprint density at radius 1 is 1.50 bits per heavy atom. The first-order valence-electron chi connectivity index (χ1n) is 4.32. The number of carbonyl (C=O) groups is 1. The molecule has 0 aromatic carbocycles. The quantitative estimate of drug-likeness (QED) is 0.649. The average Bonchev–Trinajstić information content (AvgIpc) is 2.03. The van der Waals surface area contributed by atoms with Gasteiger partial charge in [-0.1, -0.05) is 0 Å². The van der Waals surface area contributed by atoms with Crippen LogP contribution in [0.2, 0.25) is 0 Å². The molecule has 2 amide bonds. The number of hydrogen-bond acceptors (Lipinski definition) is 2. The van der Waals surface area contributed by atoms with Crippen LogP contribution in [0.4, 0.5) is 4.79 Å². The van der Waals surface area contributed by atoms with Crippen molar-refractivity contribution < 1.29 is 9.90 Å². The number of aliphatic hydroxyl groups excluding tert-OH is 1. The molecule has 0 heterocycles. The number of rotatable bonds is 4. The first-order chi connectivity index (χ1) is 5.61. The summed E-state index contributed by atoms with van der Waals surface area (Å²) in [5.74, 6) is 0. The van der Waals surface area contributed by atoms with Crippen molar-refractivity contribution in [3.63, 3.8) is 0 Å². The zero-order valence-electron chi connectivity index (χ0n) is 8.00. The van der Waals surface area contributed by atoms with Crippen LogP contribution in [0.1, 0.15) is 20.8 Å². The molecule has 0 fully saturated rings. The van der Waals surface area contributed by atoms with Crippen molar-refractivity contribution in [1.82, 2.24) is 10.2 Å². The van der Waals surface area contributed by atoms with Crippen molar-refractivity contribution in [2.45, 2.75) is 26.9 Å². The molecule has 2 N–H and O–H groups in total. The second-order valence-electron chi connectivity index (χ2n) is 2.71. The van der Waals surface area contributed by atoms with Crippen molar-refractivity contribution in [2.75, 3.05) is 19.6 Å². The molecular formula is C8H18N2O2. The fourth-order valence-electron chi connectivity index (χ4n) is 0.858. The molecule has 0 aromatic heterocycles. The van der Waals surface area contributed by atoms with Crippen LogP contribution in [0, 0.1) is 0 Å². The number of hydrogen-bond donors (Lipinski definition) is 2. The summed E-state index contributed by atoms with van der Waals surface area (Å²) in [4.78, 5) is 12.9. The SMILES string of the molecule is CCN(CC)C(=O)NC[C@@H](C)O. The molecule has 1 atom stereocenters. The summed E-state index contributed by atoms with van der Waals surface area (Å²) in [5.41, 5.74) is 0. The molecule has 0 unspecified atom stereocenters. The number of amides is 2. The maximum absolute atomic E-state index is 11.2. The molecule has 0 saturated carbocycles. The second kappa shape index (κ2) is 5.83. The molecule has 0 aromatic rings. The lowest BCUT2D eigenvalue weighted by Crippen LogP contribution is -2.42. The molecule has 72 valence electrons. The Morgan fingerprint density at radius 3 is 2.33 bits per heavy atom. The van der Waals surface area contributed by atoms with E-state index < -0.39 is 6.10 Å². The summed E-state index contributed by atoms with van der Waals surface area (Å²) in [7, 11) is 0. The number of carbonyl (C=O) groups excluding carboxylic acids is 1. The van der Waals surface area contributed by atoms with E-state index in [0.717, 1.165) is 0 Å². The predicted molar refractivity (Wildman–Crippen MR) is 48.0 cm³/mol. The van der Waals surface area contributed by atoms with E-state index in [1.807, 2.05) is 13.8 Å². The van der Waals surface area contributed by atoms with Gasteiger partial charge in [-0.25, -0.2) is 4.79 Å². The molecule has 0 rings (SSSR count). The summed E-state index contributed by atoms with van der Waals surface area (Å²) in [6.45, 7) is 7.19. The molecule has 4 nitrogen and oxygen atoms in total. The zero-order valence-corrected chi connectivity index (χ0v) is 8.00. The van der Waals surface area contributed by atoms with Crippen LogP contribution in [0.3, 0.4) is 0 Å². The van der Waals surface area contributed by atoms with Crippen LogP contribution in [-0.2, 0) is 0 Å². The number of urea groups is 1. The molecule has 0 aliphatic heterocycles. The summed E-state index contributed by atoms with van der Waals surface area (Å²) < 4.78 is 0. The third-order valence-corrected chi connectivity index (χ3v) is 1.60. The van der Waals surface area contributed by atoms with Crippen LogP contribution < -0.4 is 5.32 Å². The van der Waals surface area contributed by atoms with Crippen LogP contribution in [0.5, 0.6) is 0 Å². The van der Waals surface area contributed by atoms with E-state index in [4.69, 9.17) is 5.11 Å². The van der Waals surface area contributed by atoms with E-state index in [1.54, 1.807) is 11.8 Å². The topological polar surface area (TPSA) is 52.6 Å². The Morgan fingerprint density at radius 2 is 2.00 bits per heavy atom. The maximum Gasteiger partial charge on any atom is 0.317 e. The van der Waals surface area contributed by atoms with Crippen LogP contribution in [-0.4, -0.2) is 41.8 Å². The number of nitrogens with one attached hydrogen (secondary N) is 1. The Kier molecular flexibility index (Phi) is 5.45. The minimum absolute atomic E-state index is 0.110. The predicted octanol–water partition coefficient (Wildman–Crippen LogP) is 0.419. The molecule has 0 radical (unpaired) electrons. The van der Waals surface area contributed by atoms with Gasteiger partial charge in [0.2, 0.25) is 0 Å². The third-order valence-electron chi connectivity index (χ3n) is 1.60. The number of nitrogens with zero attached hydrogens (tertiary/aromatic N) is 1. The molecule has 0 spiro atoms. The maximum atomic E-state index is 11.2. The lowest BCUT2D eigenvalue weighted by atomic mass is 10.4. The van der Waals surface area contributed by atoms with Gasteiger partial charge in [-0.05, 0) is 20.8 Å². The van der Waals surface area contributed by atoms with Gasteiger partial charge in [0.25, 0.3) is 0 Å². The summed E-state index contributed by atoms with van der Waals surface area (Å²) in [5, 5.41) is 11.5. The summed E-state index contributed by atoms with van der Waals surface area (Å²) >= 11 is 0. The normalized spacial score (nSPS) is 12.3. The first-order valence-corrected chi connectivity index (χ1v) is 4.32. The zero-order chi connectivity index (χ0) is 9.56. The van der Waals surface area contributed by atoms with Gasteiger partial charge in [-0.3, -0.25) is 0 Å². The monoisotopic (exact) mass is 174 g/mol. The number of aliphatic hydroxyl groups is 1. The smallest absolute Gasteiger partial charge is 0.317 e. The van der Waals surface area contributed by atoms with Crippen LogP contribution >= 0.6 is 0 Å². The van der Waals surface area contributed by atoms with E-state index in [-0.39, 0.29) is 6.03 Å². The van der Waals surface area contributed by atoms with Crippen LogP contribution in [0.15, 0.2) is 0 Å². The van der Waals surface area contributed by atoms with Crippen LogP contribution in [0.25, 0.3) is 0 Å². The lowest BCUT2D eigenvalue weighted by molar-refractivity contribution is 0.174. The molecule has 0 aliphatic rings. The fraction of sp³-hybridized carbons (Fsp3) is 0.875. The molecule has 4 heteroatoms. The summed E-state index contributed by atoms with van der Waals surface area (Å²) in [6, 6.07) is -0.110. The second-order valence-corrected chi connectivity index (χ2v) is 2.71. The standard InChI is InChI=1S/C8H18N2O2/c1-4-10(5-2)8(12)9-6-7(3)11/h7,11H,4-6H2,1-3H3,(H,9,12)/t7-/m1/s1. The van der Waals surface area contributed by atoms with Gasteiger partial charge in [-0.2, -0.15) is 0 Å². The van der Waals surface area contributed by atoms with E-state index >= 15 is 0 Å². The first kappa shape index (κ1) is 11.2. The van der Waals surface area contributed by atoms with E-state index in [2.05, 4.69) is 5.32 Å². The lowest BCUT2D eigenvalue weighted by Gasteiger charge is -2.19. The highest BCUT2D eigenvalue weighted by atomic mass is 16.3. The molecule has 0 bridgehead atoms. The fourth-order valence-corrected chi connectivity index (χ4v) is 0.858. The largest absolute Gasteiger partial charge is 0.392 e. The summed E-state index contributed by atoms with van der Waals surface area (Å²) in [6.07, 6.45) is -0.482. The van der Waals surface area contributed by atoms with Gasteiger partial charge in [0, 0.05) is 19.6 Å². The Hall–Kier alpha value is -0.770. The van der Waals surface area contributed by atoms with Crippen molar-refractivity contribution in [1.29, 1.82) is 0 Å². The average molecular weight is 174 g/mol. The van der Waals surface area contributed by atoms with Crippen molar-refractivity contribution in [3.8, 4) is 0 Å². The highest BCUT2D eigenvalue weighted by Crippen LogP contribution is 1.87. The molecular weight excluding hydrogens is 156 g/mol. The minimum Gasteiger partial charge on any atom is -0.392 e. The van der Waals surface area contributed by atoms with Crippen molar-refractivity contribution in [3.05, 3.63) is 0 Å². The Balaban J connectivity index is 3.69. The Bertz CT molecular complexity index is 133. The van der Waals surface area contributed by atoms with Crippen molar-refractivity contribution >= 4 is 6.03 Å². The minimum atomic E-state index is -0.482. The van der Waals surface area contributed by atoms with Gasteiger partial charge in [0.05, 0.1) is 6.10 Å². The van der Waals surface area contributed by atoms with Gasteiger partial charge < -0.3 is 15.3 Å².